The SMILES string of the molecule is CC(NC(=O)CCC1CCCCC1)c1nc2ccccc2[nH]1. The van der Waals surface area contributed by atoms with Gasteiger partial charge in [-0.3, -0.25) is 4.79 Å². The van der Waals surface area contributed by atoms with E-state index >= 15 is 0 Å². The van der Waals surface area contributed by atoms with Gasteiger partial charge in [0.25, 0.3) is 0 Å². The highest BCUT2D eigenvalue weighted by atomic mass is 16.1. The maximum absolute atomic E-state index is 12.1. The lowest BCUT2D eigenvalue weighted by Gasteiger charge is -2.21. The summed E-state index contributed by atoms with van der Waals surface area (Å²) in [5.41, 5.74) is 1.96. The van der Waals surface area contributed by atoms with Crippen molar-refractivity contribution in [3.63, 3.8) is 0 Å². The van der Waals surface area contributed by atoms with Crippen LogP contribution in [0.4, 0.5) is 0 Å². The molecular formula is C18H25N3O. The number of fused-ring (bicyclic) bond motifs is 1. The van der Waals surface area contributed by atoms with E-state index < -0.39 is 0 Å². The van der Waals surface area contributed by atoms with Crippen molar-refractivity contribution >= 4 is 16.9 Å². The molecule has 0 radical (unpaired) electrons. The molecule has 1 unspecified atom stereocenters. The molecule has 0 spiro atoms. The number of aromatic amines is 1. The van der Waals surface area contributed by atoms with Gasteiger partial charge >= 0.3 is 0 Å². The first kappa shape index (κ1) is 15.1. The Kier molecular flexibility index (Phi) is 4.76. The van der Waals surface area contributed by atoms with Crippen LogP contribution in [0, 0.1) is 5.92 Å². The molecule has 1 aliphatic rings. The van der Waals surface area contributed by atoms with E-state index in [0.717, 1.165) is 29.2 Å². The van der Waals surface area contributed by atoms with E-state index in [4.69, 9.17) is 0 Å². The summed E-state index contributed by atoms with van der Waals surface area (Å²) < 4.78 is 0. The van der Waals surface area contributed by atoms with E-state index in [2.05, 4.69) is 15.3 Å². The van der Waals surface area contributed by atoms with Crippen molar-refractivity contribution in [1.82, 2.24) is 15.3 Å². The van der Waals surface area contributed by atoms with Gasteiger partial charge in [-0.15, -0.1) is 0 Å². The second-order valence-electron chi connectivity index (χ2n) is 6.47. The molecule has 0 bridgehead atoms. The Balaban J connectivity index is 1.51. The molecule has 0 saturated heterocycles. The Morgan fingerprint density at radius 3 is 2.86 bits per heavy atom. The van der Waals surface area contributed by atoms with E-state index in [-0.39, 0.29) is 11.9 Å². The maximum atomic E-state index is 12.1. The van der Waals surface area contributed by atoms with Gasteiger partial charge in [-0.1, -0.05) is 44.2 Å². The second kappa shape index (κ2) is 6.95. The summed E-state index contributed by atoms with van der Waals surface area (Å²) >= 11 is 0. The summed E-state index contributed by atoms with van der Waals surface area (Å²) in [6.45, 7) is 1.98. The molecule has 1 saturated carbocycles. The fraction of sp³-hybridized carbons (Fsp3) is 0.556. The number of carbonyl (C=O) groups excluding carboxylic acids is 1. The molecule has 4 nitrogen and oxygen atoms in total. The monoisotopic (exact) mass is 299 g/mol. The number of benzene rings is 1. The van der Waals surface area contributed by atoms with Crippen LogP contribution in [0.5, 0.6) is 0 Å². The summed E-state index contributed by atoms with van der Waals surface area (Å²) in [5.74, 6) is 1.71. The number of nitrogens with zero attached hydrogens (tertiary/aromatic N) is 1. The van der Waals surface area contributed by atoms with Crippen LogP contribution in [0.15, 0.2) is 24.3 Å². The maximum Gasteiger partial charge on any atom is 0.220 e. The first-order chi connectivity index (χ1) is 10.7. The predicted molar refractivity (Wildman–Crippen MR) is 88.5 cm³/mol. The Labute approximate surface area is 131 Å². The highest BCUT2D eigenvalue weighted by Gasteiger charge is 2.17. The number of hydrogen-bond acceptors (Lipinski definition) is 2. The Morgan fingerprint density at radius 2 is 2.09 bits per heavy atom. The average molecular weight is 299 g/mol. The number of para-hydroxylation sites is 2. The van der Waals surface area contributed by atoms with Gasteiger partial charge in [0.2, 0.25) is 5.91 Å². The molecule has 1 aromatic carbocycles. The molecule has 4 heteroatoms. The van der Waals surface area contributed by atoms with Crippen LogP contribution in [0.25, 0.3) is 11.0 Å². The van der Waals surface area contributed by atoms with Gasteiger partial charge in [0.05, 0.1) is 17.1 Å². The molecule has 1 fully saturated rings. The lowest BCUT2D eigenvalue weighted by atomic mass is 9.86. The summed E-state index contributed by atoms with van der Waals surface area (Å²) in [6.07, 6.45) is 8.29. The molecule has 1 aliphatic carbocycles. The first-order valence-corrected chi connectivity index (χ1v) is 8.46. The van der Waals surface area contributed by atoms with Gasteiger partial charge in [0.1, 0.15) is 5.82 Å². The number of aromatic nitrogens is 2. The molecule has 1 atom stereocenters. The minimum atomic E-state index is -0.0775. The molecule has 2 N–H and O–H groups in total. The summed E-state index contributed by atoms with van der Waals surface area (Å²) in [7, 11) is 0. The van der Waals surface area contributed by atoms with Crippen molar-refractivity contribution in [2.45, 2.75) is 57.9 Å². The van der Waals surface area contributed by atoms with Crippen LogP contribution in [-0.4, -0.2) is 15.9 Å². The van der Waals surface area contributed by atoms with Crippen LogP contribution in [-0.2, 0) is 4.79 Å². The lowest BCUT2D eigenvalue weighted by Crippen LogP contribution is -2.27. The molecule has 1 amide bonds. The zero-order chi connectivity index (χ0) is 15.4. The van der Waals surface area contributed by atoms with Crippen molar-refractivity contribution in [2.24, 2.45) is 5.92 Å². The third-order valence-corrected chi connectivity index (χ3v) is 4.70. The van der Waals surface area contributed by atoms with Crippen LogP contribution in [0.1, 0.15) is 63.7 Å². The largest absolute Gasteiger partial charge is 0.346 e. The molecule has 118 valence electrons. The summed E-state index contributed by atoms with van der Waals surface area (Å²) in [4.78, 5) is 20.0. The number of rotatable bonds is 5. The van der Waals surface area contributed by atoms with E-state index in [9.17, 15) is 4.79 Å². The lowest BCUT2D eigenvalue weighted by molar-refractivity contribution is -0.122. The Morgan fingerprint density at radius 1 is 1.32 bits per heavy atom. The summed E-state index contributed by atoms with van der Waals surface area (Å²) in [5, 5.41) is 3.06. The van der Waals surface area contributed by atoms with Gasteiger partial charge in [-0.2, -0.15) is 0 Å². The molecule has 0 aliphatic heterocycles. The average Bonchev–Trinajstić information content (AvgIpc) is 2.98. The smallest absolute Gasteiger partial charge is 0.220 e. The predicted octanol–water partition coefficient (Wildman–Crippen LogP) is 4.10. The van der Waals surface area contributed by atoms with Gasteiger partial charge < -0.3 is 10.3 Å². The van der Waals surface area contributed by atoms with Crippen molar-refractivity contribution in [3.8, 4) is 0 Å². The molecule has 22 heavy (non-hydrogen) atoms. The number of nitrogens with one attached hydrogen (secondary N) is 2. The number of amides is 1. The number of carbonyl (C=O) groups is 1. The molecule has 3 rings (SSSR count). The van der Waals surface area contributed by atoms with E-state index in [1.807, 2.05) is 31.2 Å². The van der Waals surface area contributed by atoms with E-state index in [1.54, 1.807) is 0 Å². The van der Waals surface area contributed by atoms with Crippen LogP contribution >= 0.6 is 0 Å². The highest BCUT2D eigenvalue weighted by molar-refractivity contribution is 5.77. The van der Waals surface area contributed by atoms with Crippen LogP contribution in [0.3, 0.4) is 0 Å². The van der Waals surface area contributed by atoms with Crippen molar-refractivity contribution < 1.29 is 4.79 Å². The first-order valence-electron chi connectivity index (χ1n) is 8.46. The fourth-order valence-electron chi connectivity index (χ4n) is 3.37. The Bertz CT molecular complexity index is 595. The highest BCUT2D eigenvalue weighted by Crippen LogP contribution is 2.27. The zero-order valence-electron chi connectivity index (χ0n) is 13.3. The van der Waals surface area contributed by atoms with Crippen molar-refractivity contribution in [1.29, 1.82) is 0 Å². The second-order valence-corrected chi connectivity index (χ2v) is 6.47. The van der Waals surface area contributed by atoms with E-state index in [1.165, 1.54) is 32.1 Å². The van der Waals surface area contributed by atoms with Crippen molar-refractivity contribution in [3.05, 3.63) is 30.1 Å². The zero-order valence-corrected chi connectivity index (χ0v) is 13.3. The topological polar surface area (TPSA) is 57.8 Å². The van der Waals surface area contributed by atoms with Gasteiger partial charge in [0, 0.05) is 6.42 Å². The third-order valence-electron chi connectivity index (χ3n) is 4.70. The quantitative estimate of drug-likeness (QED) is 0.873. The van der Waals surface area contributed by atoms with Crippen LogP contribution in [0.2, 0.25) is 0 Å². The number of imidazole rings is 1. The third kappa shape index (κ3) is 3.67. The molecular weight excluding hydrogens is 274 g/mol. The molecule has 1 aromatic heterocycles. The van der Waals surface area contributed by atoms with Gasteiger partial charge in [0.15, 0.2) is 0 Å². The van der Waals surface area contributed by atoms with Crippen LogP contribution < -0.4 is 5.32 Å². The molecule has 2 aromatic rings. The normalized spacial score (nSPS) is 17.5. The number of H-pyrrole nitrogens is 1. The Hall–Kier alpha value is -1.84. The van der Waals surface area contributed by atoms with Gasteiger partial charge in [-0.25, -0.2) is 4.98 Å². The minimum absolute atomic E-state index is 0.0775. The standard InChI is InChI=1S/C18H25N3O/c1-13(18-20-15-9-5-6-10-16(15)21-18)19-17(22)12-11-14-7-3-2-4-8-14/h5-6,9-10,13-14H,2-4,7-8,11-12H2,1H3,(H,19,22)(H,20,21). The van der Waals surface area contributed by atoms with Gasteiger partial charge in [-0.05, 0) is 31.4 Å². The molecule has 1 heterocycles. The minimum Gasteiger partial charge on any atom is -0.346 e. The van der Waals surface area contributed by atoms with Crippen molar-refractivity contribution in [2.75, 3.05) is 0 Å². The summed E-state index contributed by atoms with van der Waals surface area (Å²) in [6, 6.07) is 7.86. The fourth-order valence-corrected chi connectivity index (χ4v) is 3.37. The number of hydrogen-bond donors (Lipinski definition) is 2. The van der Waals surface area contributed by atoms with E-state index in [0.29, 0.717) is 6.42 Å².